The second-order valence-corrected chi connectivity index (χ2v) is 7.60. The molecule has 1 aliphatic heterocycles. The number of hydrogen-bond acceptors (Lipinski definition) is 4. The molecule has 0 saturated heterocycles. The van der Waals surface area contributed by atoms with Crippen molar-refractivity contribution in [2.45, 2.75) is 13.5 Å². The summed E-state index contributed by atoms with van der Waals surface area (Å²) >= 11 is 12.4. The second-order valence-electron chi connectivity index (χ2n) is 6.78. The lowest BCUT2D eigenvalue weighted by molar-refractivity contribution is 0.101. The zero-order valence-corrected chi connectivity index (χ0v) is 17.9. The molecular weight excluding hydrogens is 423 g/mol. The first-order valence-electron chi connectivity index (χ1n) is 9.25. The minimum Gasteiger partial charge on any atom is -0.497 e. The number of allylic oxidation sites excluding steroid dienone is 1. The second kappa shape index (κ2) is 8.42. The number of carbonyl (C=O) groups excluding carboxylic acids is 1. The zero-order chi connectivity index (χ0) is 21.3. The molecule has 4 rings (SSSR count). The van der Waals surface area contributed by atoms with Gasteiger partial charge in [0.25, 0.3) is 0 Å². The first kappa shape index (κ1) is 20.3. The fourth-order valence-electron chi connectivity index (χ4n) is 3.23. The molecular formula is C24H18Cl2O4. The van der Waals surface area contributed by atoms with Gasteiger partial charge < -0.3 is 14.2 Å². The normalized spacial score (nSPS) is 13.9. The highest BCUT2D eigenvalue weighted by Crippen LogP contribution is 2.40. The molecule has 6 heteroatoms. The molecule has 0 atom stereocenters. The summed E-state index contributed by atoms with van der Waals surface area (Å²) in [5.41, 5.74) is 2.75. The minimum absolute atomic E-state index is 0.174. The number of ether oxygens (including phenoxy) is 3. The lowest BCUT2D eigenvalue weighted by Crippen LogP contribution is -1.99. The van der Waals surface area contributed by atoms with E-state index in [4.69, 9.17) is 37.4 Å². The Morgan fingerprint density at radius 2 is 1.77 bits per heavy atom. The fraction of sp³-hybridized carbons (Fsp3) is 0.125. The number of halogens is 2. The summed E-state index contributed by atoms with van der Waals surface area (Å²) in [6.07, 6.45) is 1.57. The van der Waals surface area contributed by atoms with Gasteiger partial charge in [0.1, 0.15) is 23.9 Å². The minimum atomic E-state index is -0.219. The van der Waals surface area contributed by atoms with E-state index >= 15 is 0 Å². The van der Waals surface area contributed by atoms with Crippen LogP contribution in [0.25, 0.3) is 6.08 Å². The van der Waals surface area contributed by atoms with Gasteiger partial charge >= 0.3 is 0 Å². The molecule has 4 nitrogen and oxygen atoms in total. The van der Waals surface area contributed by atoms with Crippen molar-refractivity contribution >= 4 is 35.1 Å². The smallest absolute Gasteiger partial charge is 0.231 e. The average molecular weight is 441 g/mol. The molecule has 30 heavy (non-hydrogen) atoms. The number of Topliss-reactive ketones (excluding diaryl/α,β-unsaturated/α-hetero) is 1. The van der Waals surface area contributed by atoms with Crippen molar-refractivity contribution < 1.29 is 19.0 Å². The molecule has 3 aromatic rings. The third kappa shape index (κ3) is 3.89. The zero-order valence-electron chi connectivity index (χ0n) is 16.4. The standard InChI is InChI=1S/C24H18Cl2O4/c1-14-21(29-13-15-5-3-6-16(11-15)28-2)10-9-17-23(27)22(30-24(14)17)12-18-19(25)7-4-8-20(18)26/h3-12H,13H2,1-2H3/b22-12-. The van der Waals surface area contributed by atoms with E-state index in [1.807, 2.05) is 31.2 Å². The van der Waals surface area contributed by atoms with E-state index in [9.17, 15) is 4.79 Å². The molecule has 152 valence electrons. The molecule has 0 saturated carbocycles. The van der Waals surface area contributed by atoms with Crippen LogP contribution in [0.1, 0.15) is 27.0 Å². The van der Waals surface area contributed by atoms with Gasteiger partial charge in [-0.05, 0) is 55.0 Å². The summed E-state index contributed by atoms with van der Waals surface area (Å²) in [7, 11) is 1.62. The van der Waals surface area contributed by atoms with Crippen LogP contribution in [0, 0.1) is 6.92 Å². The highest BCUT2D eigenvalue weighted by molar-refractivity contribution is 6.37. The number of rotatable bonds is 5. The number of hydrogen-bond donors (Lipinski definition) is 0. The molecule has 0 amide bonds. The Labute approximate surface area is 184 Å². The van der Waals surface area contributed by atoms with Crippen LogP contribution >= 0.6 is 23.2 Å². The third-order valence-corrected chi connectivity index (χ3v) is 5.50. The SMILES string of the molecule is COc1cccc(COc2ccc3c(c2C)O/C(=C\c2c(Cl)cccc2Cl)C3=O)c1. The van der Waals surface area contributed by atoms with Gasteiger partial charge in [-0.1, -0.05) is 41.4 Å². The molecule has 1 heterocycles. The lowest BCUT2D eigenvalue weighted by Gasteiger charge is -2.12. The van der Waals surface area contributed by atoms with Gasteiger partial charge in [-0.2, -0.15) is 0 Å². The molecule has 0 spiro atoms. The van der Waals surface area contributed by atoms with E-state index in [0.717, 1.165) is 16.9 Å². The van der Waals surface area contributed by atoms with Crippen LogP contribution < -0.4 is 14.2 Å². The average Bonchev–Trinajstić information content (AvgIpc) is 3.07. The molecule has 1 aliphatic rings. The molecule has 0 N–H and O–H groups in total. The Morgan fingerprint density at radius 1 is 1.03 bits per heavy atom. The topological polar surface area (TPSA) is 44.8 Å². The number of benzene rings is 3. The first-order valence-corrected chi connectivity index (χ1v) is 10.0. The summed E-state index contributed by atoms with van der Waals surface area (Å²) in [6, 6.07) is 16.3. The summed E-state index contributed by atoms with van der Waals surface area (Å²) in [5, 5.41) is 0.891. The highest BCUT2D eigenvalue weighted by atomic mass is 35.5. The molecule has 0 unspecified atom stereocenters. The van der Waals surface area contributed by atoms with Crippen molar-refractivity contribution in [2.24, 2.45) is 0 Å². The van der Waals surface area contributed by atoms with E-state index in [1.54, 1.807) is 43.5 Å². The Bertz CT molecular complexity index is 1150. The molecule has 0 aromatic heterocycles. The van der Waals surface area contributed by atoms with E-state index < -0.39 is 0 Å². The highest BCUT2D eigenvalue weighted by Gasteiger charge is 2.30. The Hall–Kier alpha value is -2.95. The monoisotopic (exact) mass is 440 g/mol. The number of carbonyl (C=O) groups is 1. The maximum atomic E-state index is 12.8. The summed E-state index contributed by atoms with van der Waals surface area (Å²) in [4.78, 5) is 12.8. The van der Waals surface area contributed by atoms with E-state index in [-0.39, 0.29) is 11.5 Å². The van der Waals surface area contributed by atoms with Gasteiger partial charge in [-0.25, -0.2) is 0 Å². The number of ketones is 1. The van der Waals surface area contributed by atoms with Gasteiger partial charge in [0.15, 0.2) is 5.76 Å². The molecule has 0 fully saturated rings. The largest absolute Gasteiger partial charge is 0.497 e. The van der Waals surface area contributed by atoms with Crippen molar-refractivity contribution in [1.29, 1.82) is 0 Å². The van der Waals surface area contributed by atoms with Crippen molar-refractivity contribution in [3.05, 3.63) is 92.7 Å². The Balaban J connectivity index is 1.59. The predicted octanol–water partition coefficient (Wildman–Crippen LogP) is 6.51. The molecule has 0 radical (unpaired) electrons. The summed E-state index contributed by atoms with van der Waals surface area (Å²) in [6.45, 7) is 2.22. The number of methoxy groups -OCH3 is 1. The van der Waals surface area contributed by atoms with Crippen LogP contribution in [0.5, 0.6) is 17.2 Å². The maximum Gasteiger partial charge on any atom is 0.231 e. The van der Waals surface area contributed by atoms with Gasteiger partial charge in [0.2, 0.25) is 5.78 Å². The van der Waals surface area contributed by atoms with Crippen molar-refractivity contribution in [3.63, 3.8) is 0 Å². The van der Waals surface area contributed by atoms with Crippen LogP contribution in [0.3, 0.4) is 0 Å². The van der Waals surface area contributed by atoms with Crippen molar-refractivity contribution in [1.82, 2.24) is 0 Å². The molecule has 0 bridgehead atoms. The van der Waals surface area contributed by atoms with E-state index in [2.05, 4.69) is 0 Å². The van der Waals surface area contributed by atoms with Gasteiger partial charge in [-0.15, -0.1) is 0 Å². The van der Waals surface area contributed by atoms with Crippen LogP contribution in [0.4, 0.5) is 0 Å². The molecule has 0 aliphatic carbocycles. The van der Waals surface area contributed by atoms with E-state index in [0.29, 0.717) is 39.3 Å². The summed E-state index contributed by atoms with van der Waals surface area (Å²) in [5.74, 6) is 1.85. The van der Waals surface area contributed by atoms with Crippen LogP contribution in [0.2, 0.25) is 10.0 Å². The Morgan fingerprint density at radius 3 is 2.50 bits per heavy atom. The number of fused-ring (bicyclic) bond motifs is 1. The quantitative estimate of drug-likeness (QED) is 0.424. The molecule has 3 aromatic carbocycles. The van der Waals surface area contributed by atoms with E-state index in [1.165, 1.54) is 0 Å². The third-order valence-electron chi connectivity index (χ3n) is 4.84. The first-order chi connectivity index (χ1) is 14.5. The van der Waals surface area contributed by atoms with Crippen molar-refractivity contribution in [3.8, 4) is 17.2 Å². The van der Waals surface area contributed by atoms with Crippen molar-refractivity contribution in [2.75, 3.05) is 7.11 Å². The predicted molar refractivity (Wildman–Crippen MR) is 118 cm³/mol. The lowest BCUT2D eigenvalue weighted by atomic mass is 10.1. The maximum absolute atomic E-state index is 12.8. The summed E-state index contributed by atoms with van der Waals surface area (Å²) < 4.78 is 17.1. The van der Waals surface area contributed by atoms with Gasteiger partial charge in [-0.3, -0.25) is 4.79 Å². The fourth-order valence-corrected chi connectivity index (χ4v) is 3.73. The van der Waals surface area contributed by atoms with Crippen LogP contribution in [-0.4, -0.2) is 12.9 Å². The Kier molecular flexibility index (Phi) is 5.71. The van der Waals surface area contributed by atoms with Gasteiger partial charge in [0.05, 0.1) is 12.7 Å². The van der Waals surface area contributed by atoms with Crippen LogP contribution in [0.15, 0.2) is 60.4 Å². The van der Waals surface area contributed by atoms with Crippen LogP contribution in [-0.2, 0) is 6.61 Å². The van der Waals surface area contributed by atoms with Gasteiger partial charge in [0, 0.05) is 21.2 Å².